The zero-order valence-electron chi connectivity index (χ0n) is 6.80. The van der Waals surface area contributed by atoms with E-state index in [-0.39, 0.29) is 5.91 Å². The van der Waals surface area contributed by atoms with Crippen LogP contribution in [0.3, 0.4) is 0 Å². The first kappa shape index (κ1) is 10.7. The van der Waals surface area contributed by atoms with Gasteiger partial charge in [-0.3, -0.25) is 9.63 Å². The van der Waals surface area contributed by atoms with Crippen LogP contribution in [0, 0.1) is 3.57 Å². The molecule has 0 fully saturated rings. The van der Waals surface area contributed by atoms with Gasteiger partial charge < -0.3 is 0 Å². The molecular weight excluding hydrogens is 304 g/mol. The van der Waals surface area contributed by atoms with Crippen LogP contribution in [0.5, 0.6) is 0 Å². The van der Waals surface area contributed by atoms with Crippen LogP contribution in [0.1, 0.15) is 10.4 Å². The van der Waals surface area contributed by atoms with Gasteiger partial charge in [0.05, 0.1) is 12.1 Å². The minimum atomic E-state index is -0.280. The molecule has 5 heteroatoms. The molecule has 0 bridgehead atoms. The first-order valence-electron chi connectivity index (χ1n) is 3.43. The Morgan fingerprint density at radius 1 is 1.62 bits per heavy atom. The second-order valence-corrected chi connectivity index (χ2v) is 3.83. The average molecular weight is 312 g/mol. The summed E-state index contributed by atoms with van der Waals surface area (Å²) in [6, 6.07) is 5.00. The smallest absolute Gasteiger partial charge is 0.274 e. The van der Waals surface area contributed by atoms with Gasteiger partial charge in [0.15, 0.2) is 0 Å². The fraction of sp³-hybridized carbons (Fsp3) is 0.125. The van der Waals surface area contributed by atoms with Crippen LogP contribution in [0.25, 0.3) is 0 Å². The molecule has 0 saturated carbocycles. The van der Waals surface area contributed by atoms with E-state index in [0.29, 0.717) is 10.6 Å². The lowest BCUT2D eigenvalue weighted by atomic mass is 10.2. The number of carbonyl (C=O) groups is 1. The van der Waals surface area contributed by atoms with Crippen molar-refractivity contribution in [2.24, 2.45) is 0 Å². The number of hydrogen-bond acceptors (Lipinski definition) is 2. The van der Waals surface area contributed by atoms with Crippen molar-refractivity contribution in [2.75, 3.05) is 7.11 Å². The van der Waals surface area contributed by atoms with Crippen LogP contribution in [-0.2, 0) is 4.84 Å². The molecule has 0 aliphatic heterocycles. The van der Waals surface area contributed by atoms with Crippen LogP contribution >= 0.6 is 34.2 Å². The molecule has 1 rings (SSSR count). The molecule has 0 saturated heterocycles. The van der Waals surface area contributed by atoms with E-state index in [4.69, 9.17) is 11.6 Å². The van der Waals surface area contributed by atoms with Crippen LogP contribution in [0.15, 0.2) is 18.2 Å². The predicted octanol–water partition coefficient (Wildman–Crippen LogP) is 2.24. The van der Waals surface area contributed by atoms with Gasteiger partial charge in [-0.2, -0.15) is 0 Å². The van der Waals surface area contributed by atoms with Crippen molar-refractivity contribution in [1.82, 2.24) is 5.48 Å². The molecule has 0 unspecified atom stereocenters. The number of hydrogen-bond donors (Lipinski definition) is 1. The number of nitrogens with one attached hydrogen (secondary N) is 1. The molecule has 1 amide bonds. The van der Waals surface area contributed by atoms with Crippen molar-refractivity contribution < 1.29 is 9.63 Å². The molecule has 0 radical (unpaired) electrons. The average Bonchev–Trinajstić information content (AvgIpc) is 2.10. The normalized spacial score (nSPS) is 9.77. The van der Waals surface area contributed by atoms with E-state index in [2.05, 4.69) is 32.9 Å². The highest BCUT2D eigenvalue weighted by molar-refractivity contribution is 14.1. The maximum absolute atomic E-state index is 11.2. The van der Waals surface area contributed by atoms with Gasteiger partial charge in [-0.15, -0.1) is 0 Å². The highest BCUT2D eigenvalue weighted by Gasteiger charge is 2.06. The Balaban J connectivity index is 2.90. The van der Waals surface area contributed by atoms with Gasteiger partial charge in [-0.25, -0.2) is 5.48 Å². The van der Waals surface area contributed by atoms with Crippen molar-refractivity contribution in [1.29, 1.82) is 0 Å². The number of carbonyl (C=O) groups excluding carboxylic acids is 1. The molecule has 0 heterocycles. The van der Waals surface area contributed by atoms with Crippen molar-refractivity contribution in [3.63, 3.8) is 0 Å². The van der Waals surface area contributed by atoms with Crippen molar-refractivity contribution in [3.05, 3.63) is 32.4 Å². The largest absolute Gasteiger partial charge is 0.277 e. The molecular formula is C8H7ClINO2. The Bertz CT molecular complexity index is 330. The Morgan fingerprint density at radius 2 is 2.31 bits per heavy atom. The number of amides is 1. The molecule has 0 aliphatic carbocycles. The Labute approximate surface area is 94.5 Å². The third-order valence-corrected chi connectivity index (χ3v) is 2.92. The van der Waals surface area contributed by atoms with Gasteiger partial charge in [0.2, 0.25) is 0 Å². The monoisotopic (exact) mass is 311 g/mol. The van der Waals surface area contributed by atoms with Gasteiger partial charge >= 0.3 is 0 Å². The summed E-state index contributed by atoms with van der Waals surface area (Å²) >= 11 is 7.85. The summed E-state index contributed by atoms with van der Waals surface area (Å²) in [5.74, 6) is -0.280. The van der Waals surface area contributed by atoms with E-state index in [1.54, 1.807) is 18.2 Å². The molecule has 0 atom stereocenters. The first-order chi connectivity index (χ1) is 6.15. The van der Waals surface area contributed by atoms with Crippen molar-refractivity contribution in [3.8, 4) is 0 Å². The number of halogens is 2. The molecule has 1 N–H and O–H groups in total. The lowest BCUT2D eigenvalue weighted by molar-refractivity contribution is 0.0537. The molecule has 70 valence electrons. The summed E-state index contributed by atoms with van der Waals surface area (Å²) in [5.41, 5.74) is 2.75. The van der Waals surface area contributed by atoms with Crippen LogP contribution in [-0.4, -0.2) is 13.0 Å². The molecule has 0 spiro atoms. The number of hydroxylamine groups is 1. The topological polar surface area (TPSA) is 38.3 Å². The van der Waals surface area contributed by atoms with E-state index in [0.717, 1.165) is 3.57 Å². The highest BCUT2D eigenvalue weighted by Crippen LogP contribution is 2.19. The van der Waals surface area contributed by atoms with E-state index < -0.39 is 0 Å². The van der Waals surface area contributed by atoms with Gasteiger partial charge in [-0.1, -0.05) is 11.6 Å². The van der Waals surface area contributed by atoms with Crippen molar-refractivity contribution >= 4 is 40.1 Å². The van der Waals surface area contributed by atoms with Gasteiger partial charge in [0.1, 0.15) is 0 Å². The quantitative estimate of drug-likeness (QED) is 0.672. The van der Waals surface area contributed by atoms with Gasteiger partial charge in [0.25, 0.3) is 5.91 Å². The molecule has 0 aromatic heterocycles. The Morgan fingerprint density at radius 3 is 2.85 bits per heavy atom. The maximum atomic E-state index is 11.2. The Hall–Kier alpha value is -0.330. The SMILES string of the molecule is CONC(=O)c1ccc(Cl)c(I)c1. The van der Waals surface area contributed by atoms with Crippen LogP contribution in [0.4, 0.5) is 0 Å². The fourth-order valence-corrected chi connectivity index (χ4v) is 1.42. The van der Waals surface area contributed by atoms with Crippen LogP contribution < -0.4 is 5.48 Å². The van der Waals surface area contributed by atoms with E-state index >= 15 is 0 Å². The minimum absolute atomic E-state index is 0.280. The van der Waals surface area contributed by atoms with Gasteiger partial charge in [-0.05, 0) is 40.8 Å². The standard InChI is InChI=1S/C8H7ClINO2/c1-13-11-8(12)5-2-3-6(9)7(10)4-5/h2-4H,1H3,(H,11,12). The summed E-state index contributed by atoms with van der Waals surface area (Å²) in [7, 11) is 1.39. The third kappa shape index (κ3) is 2.82. The second-order valence-electron chi connectivity index (χ2n) is 2.26. The second kappa shape index (κ2) is 4.78. The van der Waals surface area contributed by atoms with Crippen molar-refractivity contribution in [2.45, 2.75) is 0 Å². The first-order valence-corrected chi connectivity index (χ1v) is 4.89. The fourth-order valence-electron chi connectivity index (χ4n) is 0.789. The summed E-state index contributed by atoms with van der Waals surface area (Å²) in [5, 5.41) is 0.634. The minimum Gasteiger partial charge on any atom is -0.277 e. The van der Waals surface area contributed by atoms with E-state index in [9.17, 15) is 4.79 Å². The summed E-state index contributed by atoms with van der Waals surface area (Å²) in [6.45, 7) is 0. The van der Waals surface area contributed by atoms with E-state index in [1.807, 2.05) is 0 Å². The maximum Gasteiger partial charge on any atom is 0.274 e. The zero-order valence-corrected chi connectivity index (χ0v) is 9.72. The molecule has 13 heavy (non-hydrogen) atoms. The number of rotatable bonds is 2. The Kier molecular flexibility index (Phi) is 3.95. The van der Waals surface area contributed by atoms with Gasteiger partial charge in [0, 0.05) is 9.13 Å². The molecule has 1 aromatic carbocycles. The summed E-state index contributed by atoms with van der Waals surface area (Å²) in [4.78, 5) is 15.7. The number of benzene rings is 1. The zero-order chi connectivity index (χ0) is 9.84. The lowest BCUT2D eigenvalue weighted by Crippen LogP contribution is -2.21. The van der Waals surface area contributed by atoms with Crippen LogP contribution in [0.2, 0.25) is 5.02 Å². The molecule has 0 aliphatic rings. The predicted molar refractivity (Wildman–Crippen MR) is 58.6 cm³/mol. The summed E-state index contributed by atoms with van der Waals surface area (Å²) in [6.07, 6.45) is 0. The molecule has 3 nitrogen and oxygen atoms in total. The third-order valence-electron chi connectivity index (χ3n) is 1.38. The van der Waals surface area contributed by atoms with E-state index in [1.165, 1.54) is 7.11 Å². The highest BCUT2D eigenvalue weighted by atomic mass is 127. The summed E-state index contributed by atoms with van der Waals surface area (Å²) < 4.78 is 0.836. The molecule has 1 aromatic rings. The lowest BCUT2D eigenvalue weighted by Gasteiger charge is -2.02.